The van der Waals surface area contributed by atoms with E-state index in [1.165, 1.54) is 5.56 Å². The Kier molecular flexibility index (Phi) is 4.57. The van der Waals surface area contributed by atoms with E-state index in [1.807, 2.05) is 48.5 Å². The van der Waals surface area contributed by atoms with Crippen molar-refractivity contribution in [3.8, 4) is 22.9 Å². The number of hydrogen-bond donors (Lipinski definition) is 0. The van der Waals surface area contributed by atoms with Crippen LogP contribution in [0.2, 0.25) is 0 Å². The number of nitrogens with zero attached hydrogens (tertiary/aromatic N) is 2. The van der Waals surface area contributed by atoms with Gasteiger partial charge in [0.1, 0.15) is 11.5 Å². The van der Waals surface area contributed by atoms with Crippen molar-refractivity contribution in [1.82, 2.24) is 10.1 Å². The summed E-state index contributed by atoms with van der Waals surface area (Å²) in [4.78, 5) is 4.34. The quantitative estimate of drug-likeness (QED) is 0.691. The molecule has 23 heavy (non-hydrogen) atoms. The molecule has 0 aliphatic heterocycles. The minimum absolute atomic E-state index is 0.245. The number of methoxy groups -OCH3 is 1. The number of rotatable bonds is 6. The molecule has 0 N–H and O–H groups in total. The van der Waals surface area contributed by atoms with E-state index in [1.54, 1.807) is 7.11 Å². The minimum Gasteiger partial charge on any atom is -0.497 e. The van der Waals surface area contributed by atoms with Crippen molar-refractivity contribution in [2.24, 2.45) is 0 Å². The number of benzene rings is 2. The molecule has 0 saturated carbocycles. The summed E-state index contributed by atoms with van der Waals surface area (Å²) in [5.74, 6) is 2.55. The molecule has 0 bridgehead atoms. The molecule has 0 amide bonds. The zero-order chi connectivity index (χ0) is 16.1. The predicted octanol–water partition coefficient (Wildman–Crippen LogP) is 3.89. The van der Waals surface area contributed by atoms with E-state index in [2.05, 4.69) is 17.1 Å². The number of hydrogen-bond acceptors (Lipinski definition) is 5. The fourth-order valence-electron chi connectivity index (χ4n) is 2.14. The Morgan fingerprint density at radius 1 is 0.957 bits per heavy atom. The largest absolute Gasteiger partial charge is 0.497 e. The molecule has 0 radical (unpaired) electrons. The van der Waals surface area contributed by atoms with Crippen LogP contribution in [-0.4, -0.2) is 17.3 Å². The molecule has 3 aromatic rings. The Morgan fingerprint density at radius 3 is 2.30 bits per heavy atom. The van der Waals surface area contributed by atoms with Crippen molar-refractivity contribution < 1.29 is 14.0 Å². The first-order valence-electron chi connectivity index (χ1n) is 7.47. The fourth-order valence-corrected chi connectivity index (χ4v) is 2.14. The Bertz CT molecular complexity index is 749. The van der Waals surface area contributed by atoms with Crippen molar-refractivity contribution in [3.05, 3.63) is 60.0 Å². The zero-order valence-electron chi connectivity index (χ0n) is 13.2. The summed E-state index contributed by atoms with van der Waals surface area (Å²) in [6.45, 7) is 2.36. The lowest BCUT2D eigenvalue weighted by Crippen LogP contribution is -1.96. The van der Waals surface area contributed by atoms with Gasteiger partial charge in [-0.05, 0) is 48.4 Å². The lowest BCUT2D eigenvalue weighted by atomic mass is 10.2. The highest BCUT2D eigenvalue weighted by molar-refractivity contribution is 5.55. The Balaban J connectivity index is 1.64. The smallest absolute Gasteiger partial charge is 0.264 e. The zero-order valence-corrected chi connectivity index (χ0v) is 13.2. The topological polar surface area (TPSA) is 57.4 Å². The summed E-state index contributed by atoms with van der Waals surface area (Å²) in [5.41, 5.74) is 2.14. The molecule has 118 valence electrons. The van der Waals surface area contributed by atoms with Crippen LogP contribution < -0.4 is 9.47 Å². The van der Waals surface area contributed by atoms with Crippen molar-refractivity contribution >= 4 is 0 Å². The molecule has 0 aliphatic rings. The van der Waals surface area contributed by atoms with E-state index in [0.717, 1.165) is 23.5 Å². The second-order valence-electron chi connectivity index (χ2n) is 5.03. The summed E-state index contributed by atoms with van der Waals surface area (Å²) in [6.07, 6.45) is 1.01. The molecule has 2 aromatic carbocycles. The maximum atomic E-state index is 5.66. The Labute approximate surface area is 134 Å². The van der Waals surface area contributed by atoms with Crippen LogP contribution in [0.4, 0.5) is 0 Å². The summed E-state index contributed by atoms with van der Waals surface area (Å²) < 4.78 is 16.0. The highest BCUT2D eigenvalue weighted by Gasteiger charge is 2.09. The van der Waals surface area contributed by atoms with Gasteiger partial charge in [0.2, 0.25) is 5.82 Å². The van der Waals surface area contributed by atoms with Crippen molar-refractivity contribution in [3.63, 3.8) is 0 Å². The first kappa shape index (κ1) is 15.1. The molecule has 5 heteroatoms. The molecule has 0 atom stereocenters. The van der Waals surface area contributed by atoms with Crippen LogP contribution in [0.25, 0.3) is 11.4 Å². The third-order valence-corrected chi connectivity index (χ3v) is 3.51. The van der Waals surface area contributed by atoms with Crippen molar-refractivity contribution in [1.29, 1.82) is 0 Å². The first-order chi connectivity index (χ1) is 11.3. The minimum atomic E-state index is 0.245. The van der Waals surface area contributed by atoms with Crippen LogP contribution in [-0.2, 0) is 13.0 Å². The van der Waals surface area contributed by atoms with Crippen LogP contribution in [0.3, 0.4) is 0 Å². The average Bonchev–Trinajstić information content (AvgIpc) is 3.09. The molecule has 0 fully saturated rings. The second-order valence-corrected chi connectivity index (χ2v) is 5.03. The highest BCUT2D eigenvalue weighted by atomic mass is 16.5. The van der Waals surface area contributed by atoms with E-state index in [-0.39, 0.29) is 6.61 Å². The maximum Gasteiger partial charge on any atom is 0.264 e. The second kappa shape index (κ2) is 6.96. The van der Waals surface area contributed by atoms with Gasteiger partial charge in [-0.15, -0.1) is 0 Å². The summed E-state index contributed by atoms with van der Waals surface area (Å²) in [7, 11) is 1.63. The van der Waals surface area contributed by atoms with Gasteiger partial charge in [0.05, 0.1) is 7.11 Å². The molecule has 0 aliphatic carbocycles. The molecule has 1 aromatic heterocycles. The van der Waals surface area contributed by atoms with Crippen LogP contribution in [0, 0.1) is 0 Å². The normalized spacial score (nSPS) is 10.5. The lowest BCUT2D eigenvalue weighted by molar-refractivity contribution is 0.243. The van der Waals surface area contributed by atoms with E-state index in [9.17, 15) is 0 Å². The van der Waals surface area contributed by atoms with E-state index in [0.29, 0.717) is 11.7 Å². The van der Waals surface area contributed by atoms with E-state index < -0.39 is 0 Å². The molecule has 0 saturated heterocycles. The predicted molar refractivity (Wildman–Crippen MR) is 86.4 cm³/mol. The number of aryl methyl sites for hydroxylation is 1. The fraction of sp³-hybridized carbons (Fsp3) is 0.222. The summed E-state index contributed by atoms with van der Waals surface area (Å²) in [6, 6.07) is 15.5. The molecule has 5 nitrogen and oxygen atoms in total. The van der Waals surface area contributed by atoms with Gasteiger partial charge in [-0.25, -0.2) is 0 Å². The molecule has 3 rings (SSSR count). The van der Waals surface area contributed by atoms with Gasteiger partial charge < -0.3 is 14.0 Å². The van der Waals surface area contributed by atoms with E-state index >= 15 is 0 Å². The molecule has 0 spiro atoms. The molecule has 0 unspecified atom stereocenters. The Hall–Kier alpha value is -2.82. The number of aromatic nitrogens is 2. The third-order valence-electron chi connectivity index (χ3n) is 3.51. The van der Waals surface area contributed by atoms with E-state index in [4.69, 9.17) is 14.0 Å². The molecular formula is C18H18N2O3. The van der Waals surface area contributed by atoms with Crippen LogP contribution in [0.15, 0.2) is 53.1 Å². The van der Waals surface area contributed by atoms with Crippen LogP contribution in [0.1, 0.15) is 18.4 Å². The maximum absolute atomic E-state index is 5.66. The monoisotopic (exact) mass is 310 g/mol. The van der Waals surface area contributed by atoms with Crippen LogP contribution >= 0.6 is 0 Å². The van der Waals surface area contributed by atoms with Gasteiger partial charge in [0, 0.05) is 5.56 Å². The van der Waals surface area contributed by atoms with Gasteiger partial charge in [-0.3, -0.25) is 0 Å². The van der Waals surface area contributed by atoms with Gasteiger partial charge in [0.15, 0.2) is 6.61 Å². The average molecular weight is 310 g/mol. The SMILES string of the molecule is CCc1ccc(OCc2nc(-c3ccc(OC)cc3)no2)cc1. The third kappa shape index (κ3) is 3.69. The summed E-state index contributed by atoms with van der Waals surface area (Å²) in [5, 5.41) is 3.97. The van der Waals surface area contributed by atoms with Gasteiger partial charge in [-0.2, -0.15) is 4.98 Å². The molecule has 1 heterocycles. The molecular weight excluding hydrogens is 292 g/mol. The first-order valence-corrected chi connectivity index (χ1v) is 7.47. The highest BCUT2D eigenvalue weighted by Crippen LogP contribution is 2.20. The van der Waals surface area contributed by atoms with Gasteiger partial charge >= 0.3 is 0 Å². The van der Waals surface area contributed by atoms with Crippen LogP contribution in [0.5, 0.6) is 11.5 Å². The standard InChI is InChI=1S/C18H18N2O3/c1-3-13-4-8-16(9-5-13)22-12-17-19-18(20-23-17)14-6-10-15(21-2)11-7-14/h4-11H,3,12H2,1-2H3. The Morgan fingerprint density at radius 2 is 1.65 bits per heavy atom. The van der Waals surface area contributed by atoms with Crippen molar-refractivity contribution in [2.75, 3.05) is 7.11 Å². The van der Waals surface area contributed by atoms with Crippen molar-refractivity contribution in [2.45, 2.75) is 20.0 Å². The van der Waals surface area contributed by atoms with Gasteiger partial charge in [0.25, 0.3) is 5.89 Å². The summed E-state index contributed by atoms with van der Waals surface area (Å²) >= 11 is 0. The van der Waals surface area contributed by atoms with Gasteiger partial charge in [-0.1, -0.05) is 24.2 Å². The number of ether oxygens (including phenoxy) is 2. The lowest BCUT2D eigenvalue weighted by Gasteiger charge is -2.03.